The summed E-state index contributed by atoms with van der Waals surface area (Å²) in [5.41, 5.74) is 8.73. The van der Waals surface area contributed by atoms with Crippen molar-refractivity contribution in [3.8, 4) is 5.75 Å². The van der Waals surface area contributed by atoms with Crippen molar-refractivity contribution in [3.63, 3.8) is 0 Å². The molecule has 1 amide bonds. The van der Waals surface area contributed by atoms with E-state index >= 15 is 0 Å². The van der Waals surface area contributed by atoms with Gasteiger partial charge >= 0.3 is 51.4 Å². The van der Waals surface area contributed by atoms with Gasteiger partial charge in [0.1, 0.15) is 23.3 Å². The average Bonchev–Trinajstić information content (AvgIpc) is 3.28. The normalized spacial score (nSPS) is 10.7. The molecule has 0 unspecified atom stereocenters. The number of anilines is 1. The number of carbonyl (C=O) groups is 2. The molecule has 4 rings (SSSR count). The van der Waals surface area contributed by atoms with E-state index in [1.807, 2.05) is 12.1 Å². The number of aromatic amines is 1. The SMILES string of the molecule is C.CC(=O)Nc1c[nH]c2c(C(=O)[O-])ncnc12.Cl.NCc1ccc2c(c1)CCO2.[K+]. The van der Waals surface area contributed by atoms with Crippen LogP contribution in [0.15, 0.2) is 30.7 Å². The Morgan fingerprint density at radius 3 is 2.70 bits per heavy atom. The third-order valence-corrected chi connectivity index (χ3v) is 3.96. The zero-order valence-corrected chi connectivity index (χ0v) is 20.0. The minimum absolute atomic E-state index is 0. The number of hydrogen-bond donors (Lipinski definition) is 3. The number of hydrogen-bond acceptors (Lipinski definition) is 7. The van der Waals surface area contributed by atoms with Crippen molar-refractivity contribution in [2.45, 2.75) is 27.3 Å². The molecule has 4 N–H and O–H groups in total. The van der Waals surface area contributed by atoms with E-state index in [4.69, 9.17) is 10.5 Å². The van der Waals surface area contributed by atoms with Gasteiger partial charge in [0.25, 0.3) is 0 Å². The fourth-order valence-corrected chi connectivity index (χ4v) is 2.75. The number of ether oxygens (including phenoxy) is 1. The monoisotopic (exact) mass is 459 g/mol. The first kappa shape index (κ1) is 28.5. The van der Waals surface area contributed by atoms with Crippen LogP contribution in [0.25, 0.3) is 11.0 Å². The minimum Gasteiger partial charge on any atom is -0.543 e. The Morgan fingerprint density at radius 2 is 2.07 bits per heavy atom. The summed E-state index contributed by atoms with van der Waals surface area (Å²) < 4.78 is 5.36. The molecule has 30 heavy (non-hydrogen) atoms. The van der Waals surface area contributed by atoms with E-state index in [0.29, 0.717) is 17.7 Å². The smallest absolute Gasteiger partial charge is 0.543 e. The predicted octanol–water partition coefficient (Wildman–Crippen LogP) is -1.58. The van der Waals surface area contributed by atoms with E-state index < -0.39 is 5.97 Å². The Kier molecular flexibility index (Phi) is 12.3. The molecule has 3 aromatic rings. The van der Waals surface area contributed by atoms with Crippen LogP contribution >= 0.6 is 12.4 Å². The number of rotatable bonds is 3. The average molecular weight is 460 g/mol. The topological polar surface area (TPSA) is 146 Å². The minimum atomic E-state index is -1.40. The number of aromatic nitrogens is 3. The first-order chi connectivity index (χ1) is 13.0. The molecular formula is C19H23ClKN5O4. The maximum Gasteiger partial charge on any atom is 1.00 e. The molecule has 9 nitrogen and oxygen atoms in total. The summed E-state index contributed by atoms with van der Waals surface area (Å²) in [5.74, 6) is -0.639. The molecule has 1 aliphatic rings. The third kappa shape index (κ3) is 6.74. The van der Waals surface area contributed by atoms with Gasteiger partial charge in [-0.25, -0.2) is 9.97 Å². The van der Waals surface area contributed by atoms with Crippen molar-refractivity contribution in [2.24, 2.45) is 5.73 Å². The molecule has 0 spiro atoms. The van der Waals surface area contributed by atoms with E-state index in [-0.39, 0.29) is 88.3 Å². The van der Waals surface area contributed by atoms with Gasteiger partial charge in [-0.05, 0) is 17.2 Å². The number of carboxylic acids is 1. The Bertz CT molecular complexity index is 1010. The standard InChI is InChI=1S/C9H8N4O3.C9H11NO.CH4.ClH.K/c1-4(14)13-5-2-10-7-6(5)11-3-12-8(7)9(15)16;10-6-7-1-2-9-8(5-7)3-4-11-9;;;/h2-3,10H,1H3,(H,13,14)(H,15,16);1-2,5H,3-4,6,10H2;1H4;1H;/q;;;;+1/p-1. The molecule has 1 aliphatic heterocycles. The van der Waals surface area contributed by atoms with Crippen molar-refractivity contribution < 1.29 is 70.8 Å². The van der Waals surface area contributed by atoms with Gasteiger partial charge in [-0.15, -0.1) is 12.4 Å². The van der Waals surface area contributed by atoms with Crippen LogP contribution in [0.1, 0.15) is 36.0 Å². The third-order valence-electron chi connectivity index (χ3n) is 3.96. The first-order valence-electron chi connectivity index (χ1n) is 8.25. The molecule has 11 heteroatoms. The van der Waals surface area contributed by atoms with Crippen LogP contribution in [-0.2, 0) is 17.8 Å². The molecule has 0 bridgehead atoms. The Labute approximate surface area is 223 Å². The number of carbonyl (C=O) groups excluding carboxylic acids is 2. The van der Waals surface area contributed by atoms with E-state index in [1.165, 1.54) is 24.2 Å². The van der Waals surface area contributed by atoms with Gasteiger partial charge in [-0.3, -0.25) is 4.79 Å². The van der Waals surface area contributed by atoms with E-state index in [9.17, 15) is 14.7 Å². The maximum absolute atomic E-state index is 10.9. The number of fused-ring (bicyclic) bond motifs is 2. The van der Waals surface area contributed by atoms with E-state index in [2.05, 4.69) is 26.3 Å². The number of benzene rings is 1. The molecule has 0 saturated carbocycles. The zero-order valence-electron chi connectivity index (χ0n) is 16.0. The Balaban J connectivity index is 0.000000535. The summed E-state index contributed by atoms with van der Waals surface area (Å²) in [7, 11) is 0. The summed E-state index contributed by atoms with van der Waals surface area (Å²) >= 11 is 0. The van der Waals surface area contributed by atoms with Gasteiger partial charge in [0.05, 0.1) is 23.8 Å². The summed E-state index contributed by atoms with van der Waals surface area (Å²) in [5, 5.41) is 13.3. The fourth-order valence-electron chi connectivity index (χ4n) is 2.75. The maximum atomic E-state index is 10.9. The van der Waals surface area contributed by atoms with Crippen LogP contribution in [-0.4, -0.2) is 33.4 Å². The first-order valence-corrected chi connectivity index (χ1v) is 8.25. The Morgan fingerprint density at radius 1 is 1.33 bits per heavy atom. The second-order valence-electron chi connectivity index (χ2n) is 5.86. The molecule has 0 radical (unpaired) electrons. The van der Waals surface area contributed by atoms with Gasteiger partial charge < -0.3 is 30.7 Å². The van der Waals surface area contributed by atoms with Crippen LogP contribution < -0.4 is 72.3 Å². The molecule has 0 aliphatic carbocycles. The Hall–Kier alpha value is -1.53. The van der Waals surface area contributed by atoms with Crippen LogP contribution in [0.4, 0.5) is 5.69 Å². The molecule has 1 aromatic carbocycles. The van der Waals surface area contributed by atoms with Crippen molar-refractivity contribution in [2.75, 3.05) is 11.9 Å². The molecule has 0 fully saturated rings. The molecule has 156 valence electrons. The number of nitrogens with one attached hydrogen (secondary N) is 2. The molecule has 0 saturated heterocycles. The number of aromatic carboxylic acids is 1. The van der Waals surface area contributed by atoms with Crippen molar-refractivity contribution in [3.05, 3.63) is 47.5 Å². The summed E-state index contributed by atoms with van der Waals surface area (Å²) in [4.78, 5) is 31.8. The van der Waals surface area contributed by atoms with Crippen LogP contribution in [0, 0.1) is 0 Å². The van der Waals surface area contributed by atoms with Crippen molar-refractivity contribution in [1.82, 2.24) is 15.0 Å². The second-order valence-corrected chi connectivity index (χ2v) is 5.86. The van der Waals surface area contributed by atoms with Crippen LogP contribution in [0.3, 0.4) is 0 Å². The number of H-pyrrole nitrogens is 1. The zero-order chi connectivity index (χ0) is 19.4. The number of nitrogens with zero attached hydrogens (tertiary/aromatic N) is 2. The van der Waals surface area contributed by atoms with Gasteiger partial charge in [0, 0.05) is 26.1 Å². The molecular weight excluding hydrogens is 437 g/mol. The van der Waals surface area contributed by atoms with Crippen LogP contribution in [0.5, 0.6) is 5.75 Å². The summed E-state index contributed by atoms with van der Waals surface area (Å²) in [6, 6.07) is 6.15. The van der Waals surface area contributed by atoms with Gasteiger partial charge in [-0.2, -0.15) is 0 Å². The van der Waals surface area contributed by atoms with Crippen molar-refractivity contribution in [1.29, 1.82) is 0 Å². The number of carboxylic acid groups (broad SMARTS) is 1. The van der Waals surface area contributed by atoms with Gasteiger partial charge in [0.2, 0.25) is 5.91 Å². The van der Waals surface area contributed by atoms with Crippen molar-refractivity contribution >= 4 is 41.0 Å². The van der Waals surface area contributed by atoms with E-state index in [1.54, 1.807) is 0 Å². The molecule has 0 atom stereocenters. The summed E-state index contributed by atoms with van der Waals surface area (Å²) in [6.07, 6.45) is 3.59. The number of halogens is 1. The fraction of sp³-hybridized carbons (Fsp3) is 0.263. The van der Waals surface area contributed by atoms with Crippen LogP contribution in [0.2, 0.25) is 0 Å². The van der Waals surface area contributed by atoms with E-state index in [0.717, 1.165) is 25.1 Å². The largest absolute Gasteiger partial charge is 1.00 e. The molecule has 2 aromatic heterocycles. The van der Waals surface area contributed by atoms with Gasteiger partial charge in [-0.1, -0.05) is 19.6 Å². The second kappa shape index (κ2) is 13.0. The quantitative estimate of drug-likeness (QED) is 0.400. The molecule has 3 heterocycles. The number of nitrogens with two attached hydrogens (primary N) is 1. The number of amides is 1. The van der Waals surface area contributed by atoms with Gasteiger partial charge in [0.15, 0.2) is 0 Å². The summed E-state index contributed by atoms with van der Waals surface area (Å²) in [6.45, 7) is 2.79. The predicted molar refractivity (Wildman–Crippen MR) is 110 cm³/mol.